The van der Waals surface area contributed by atoms with E-state index in [1.165, 1.54) is 12.1 Å². The summed E-state index contributed by atoms with van der Waals surface area (Å²) in [5.74, 6) is -0.0557. The lowest BCUT2D eigenvalue weighted by molar-refractivity contribution is 0.0281. The minimum absolute atomic E-state index is 0.0541. The molecule has 0 bridgehead atoms. The lowest BCUT2D eigenvalue weighted by atomic mass is 10.0. The number of hydrogen-bond donors (Lipinski definition) is 4. The van der Waals surface area contributed by atoms with Crippen LogP contribution in [0, 0.1) is 5.82 Å². The van der Waals surface area contributed by atoms with Crippen LogP contribution in [0.3, 0.4) is 0 Å². The number of piperidine rings is 1. The molecule has 0 unspecified atom stereocenters. The van der Waals surface area contributed by atoms with Crippen molar-refractivity contribution in [3.8, 4) is 0 Å². The van der Waals surface area contributed by atoms with Crippen LogP contribution in [0.1, 0.15) is 51.3 Å². The third kappa shape index (κ3) is 8.91. The van der Waals surface area contributed by atoms with Crippen molar-refractivity contribution in [2.75, 3.05) is 18.6 Å². The first-order chi connectivity index (χ1) is 17.2. The van der Waals surface area contributed by atoms with Crippen molar-refractivity contribution in [2.45, 2.75) is 52.2 Å². The molecule has 1 amide bonds. The molecule has 11 heteroatoms. The van der Waals surface area contributed by atoms with Crippen LogP contribution in [0.15, 0.2) is 59.3 Å². The van der Waals surface area contributed by atoms with Gasteiger partial charge in [0, 0.05) is 17.8 Å². The van der Waals surface area contributed by atoms with Gasteiger partial charge in [-0.3, -0.25) is 10.2 Å². The normalized spacial score (nSPS) is 15.6. The Balaban J connectivity index is 1.68. The van der Waals surface area contributed by atoms with Gasteiger partial charge in [-0.25, -0.2) is 19.6 Å². The fourth-order valence-electron chi connectivity index (χ4n) is 3.48. The number of nitrogens with zero attached hydrogens (tertiary/aromatic N) is 3. The van der Waals surface area contributed by atoms with Crippen molar-refractivity contribution in [1.29, 1.82) is 0 Å². The molecule has 36 heavy (non-hydrogen) atoms. The van der Waals surface area contributed by atoms with Gasteiger partial charge in [0.15, 0.2) is 0 Å². The third-order valence-electron chi connectivity index (χ3n) is 4.98. The molecule has 4 N–H and O–H groups in total. The number of carbonyl (C=O) groups excluding carboxylic acids is 1. The van der Waals surface area contributed by atoms with E-state index in [4.69, 9.17) is 9.57 Å². The average Bonchev–Trinajstić information content (AvgIpc) is 2.81. The second kappa shape index (κ2) is 13.0. The van der Waals surface area contributed by atoms with E-state index in [0.29, 0.717) is 22.8 Å². The maximum absolute atomic E-state index is 13.9. The van der Waals surface area contributed by atoms with E-state index >= 15 is 0 Å². The molecular formula is C25H33FN6O4. The highest BCUT2D eigenvalue weighted by atomic mass is 19.1. The first kappa shape index (κ1) is 27.1. The number of hydrazine groups is 1. The molecule has 1 fully saturated rings. The quantitative estimate of drug-likeness (QED) is 0.178. The fraction of sp³-hybridized carbons (Fsp3) is 0.400. The number of nitrogens with one attached hydrogen (secondary N) is 3. The van der Waals surface area contributed by atoms with Crippen molar-refractivity contribution in [2.24, 2.45) is 5.10 Å². The Kier molecular flexibility index (Phi) is 9.74. The number of ether oxygens (including phenoxy) is 1. The minimum Gasteiger partial charge on any atom is -0.444 e. The van der Waals surface area contributed by atoms with Crippen LogP contribution < -0.4 is 16.3 Å². The molecule has 10 nitrogen and oxygen atoms in total. The van der Waals surface area contributed by atoms with Crippen molar-refractivity contribution < 1.29 is 23.9 Å². The van der Waals surface area contributed by atoms with Gasteiger partial charge in [-0.1, -0.05) is 18.2 Å². The molecular weight excluding hydrogens is 467 g/mol. The molecule has 1 aliphatic heterocycles. The number of rotatable bonds is 9. The predicted octanol–water partition coefficient (Wildman–Crippen LogP) is 3.82. The number of halogens is 1. The van der Waals surface area contributed by atoms with Crippen LogP contribution in [-0.2, 0) is 16.2 Å². The summed E-state index contributed by atoms with van der Waals surface area (Å²) in [4.78, 5) is 21.8. The Labute approximate surface area is 210 Å². The Morgan fingerprint density at radius 2 is 2.06 bits per heavy atom. The molecule has 2 heterocycles. The Bertz CT molecular complexity index is 1080. The molecule has 0 saturated carbocycles. The number of aliphatic hydroxyl groups excluding tert-OH is 1. The summed E-state index contributed by atoms with van der Waals surface area (Å²) in [5, 5.41) is 18.1. The number of hydrazone groups is 1. The fourth-order valence-corrected chi connectivity index (χ4v) is 3.48. The van der Waals surface area contributed by atoms with Crippen LogP contribution in [0.2, 0.25) is 0 Å². The number of anilines is 1. The molecule has 2 aromatic rings. The zero-order valence-electron chi connectivity index (χ0n) is 20.8. The van der Waals surface area contributed by atoms with E-state index in [2.05, 4.69) is 26.4 Å². The summed E-state index contributed by atoms with van der Waals surface area (Å²) in [6, 6.07) is 11.2. The van der Waals surface area contributed by atoms with Gasteiger partial charge in [-0.05, 0) is 70.4 Å². The van der Waals surface area contributed by atoms with Gasteiger partial charge < -0.3 is 14.9 Å². The summed E-state index contributed by atoms with van der Waals surface area (Å²) in [6.45, 7) is 5.93. The van der Waals surface area contributed by atoms with Crippen molar-refractivity contribution >= 4 is 17.6 Å². The van der Waals surface area contributed by atoms with Gasteiger partial charge in [-0.15, -0.1) is 0 Å². The smallest absolute Gasteiger partial charge is 0.413 e. The molecule has 0 radical (unpaired) electrons. The lowest BCUT2D eigenvalue weighted by Crippen LogP contribution is -2.40. The average molecular weight is 501 g/mol. The maximum Gasteiger partial charge on any atom is 0.413 e. The molecule has 3 rings (SSSR count). The number of aliphatic hydroxyl groups is 1. The summed E-state index contributed by atoms with van der Waals surface area (Å²) in [7, 11) is 0. The van der Waals surface area contributed by atoms with Crippen LogP contribution in [0.25, 0.3) is 0 Å². The van der Waals surface area contributed by atoms with Crippen molar-refractivity contribution in [3.05, 3.63) is 71.3 Å². The second-order valence-electron chi connectivity index (χ2n) is 9.09. The second-order valence-corrected chi connectivity index (χ2v) is 9.09. The van der Waals surface area contributed by atoms with E-state index in [1.807, 2.05) is 11.1 Å². The monoisotopic (exact) mass is 500 g/mol. The number of allylic oxidation sites excluding steroid dienone is 2. The molecule has 0 aliphatic carbocycles. The number of amides is 1. The third-order valence-corrected chi connectivity index (χ3v) is 4.98. The van der Waals surface area contributed by atoms with Crippen molar-refractivity contribution in [3.63, 3.8) is 0 Å². The maximum atomic E-state index is 13.9. The van der Waals surface area contributed by atoms with Gasteiger partial charge in [-0.2, -0.15) is 10.7 Å². The van der Waals surface area contributed by atoms with Crippen LogP contribution in [0.4, 0.5) is 15.0 Å². The molecule has 1 aromatic heterocycles. The number of carbonyl (C=O) groups is 1. The van der Waals surface area contributed by atoms with Gasteiger partial charge >= 0.3 is 6.09 Å². The lowest BCUT2D eigenvalue weighted by Gasteiger charge is -2.31. The highest BCUT2D eigenvalue weighted by molar-refractivity contribution is 6.08. The van der Waals surface area contributed by atoms with E-state index in [1.54, 1.807) is 51.1 Å². The van der Waals surface area contributed by atoms with Gasteiger partial charge in [0.2, 0.25) is 0 Å². The largest absolute Gasteiger partial charge is 0.444 e. The topological polar surface area (TPSA) is 120 Å². The van der Waals surface area contributed by atoms with E-state index in [0.717, 1.165) is 31.5 Å². The van der Waals surface area contributed by atoms with Crippen LogP contribution in [-0.4, -0.2) is 45.8 Å². The highest BCUT2D eigenvalue weighted by Gasteiger charge is 2.17. The molecule has 0 spiro atoms. The van der Waals surface area contributed by atoms with E-state index in [-0.39, 0.29) is 19.2 Å². The Hall–Kier alpha value is -3.54. The molecule has 194 valence electrons. The zero-order valence-corrected chi connectivity index (χ0v) is 20.8. The molecule has 1 aliphatic rings. The summed E-state index contributed by atoms with van der Waals surface area (Å²) < 4.78 is 19.1. The molecule has 1 saturated heterocycles. The SMILES string of the molecule is CC(C)(C)OC(=O)Nc1cccc(CON/N=C(/C=C2/CCCCN2NCO)c2cccc(F)c2)n1. The van der Waals surface area contributed by atoms with Crippen LogP contribution in [0.5, 0.6) is 0 Å². The first-order valence-electron chi connectivity index (χ1n) is 11.7. The predicted molar refractivity (Wildman–Crippen MR) is 134 cm³/mol. The first-order valence-corrected chi connectivity index (χ1v) is 11.7. The van der Waals surface area contributed by atoms with Crippen LogP contribution >= 0.6 is 0 Å². The molecule has 1 aromatic carbocycles. The van der Waals surface area contributed by atoms with Gasteiger partial charge in [0.05, 0.1) is 11.4 Å². The van der Waals surface area contributed by atoms with Gasteiger partial charge in [0.1, 0.15) is 30.6 Å². The van der Waals surface area contributed by atoms with Crippen molar-refractivity contribution in [1.82, 2.24) is 21.0 Å². The summed E-state index contributed by atoms with van der Waals surface area (Å²) in [5.41, 5.74) is 7.34. The Morgan fingerprint density at radius 1 is 1.25 bits per heavy atom. The highest BCUT2D eigenvalue weighted by Crippen LogP contribution is 2.20. The zero-order chi connectivity index (χ0) is 26.0. The van der Waals surface area contributed by atoms with E-state index in [9.17, 15) is 14.3 Å². The number of aromatic nitrogens is 1. The minimum atomic E-state index is -0.621. The summed E-state index contributed by atoms with van der Waals surface area (Å²) >= 11 is 0. The standard InChI is InChI=1S/C25H33FN6O4/c1-25(2,3)36-24(34)29-23-12-7-10-20(28-23)16-35-31-30-22(18-8-6-9-19(26)14-18)15-21-11-4-5-13-32(21)27-17-33/h6-10,12,14-15,27,31,33H,4-5,11,13,16-17H2,1-3H3,(H,28,29,34)/b21-15-,30-22-. The summed E-state index contributed by atoms with van der Waals surface area (Å²) in [6.07, 6.45) is 4.00. The van der Waals surface area contributed by atoms with Gasteiger partial charge in [0.25, 0.3) is 0 Å². The number of pyridine rings is 1. The Morgan fingerprint density at radius 3 is 2.81 bits per heavy atom. The number of benzene rings is 1. The van der Waals surface area contributed by atoms with E-state index < -0.39 is 11.7 Å². The number of hydrogen-bond acceptors (Lipinski definition) is 9. The molecule has 0 atom stereocenters.